The molecule has 0 aliphatic heterocycles. The van der Waals surface area contributed by atoms with E-state index in [2.05, 4.69) is 10.1 Å². The standard InChI is InChI=1S/C12H15F3N2O2/c13-7-3-8(16)9(4-11(7)19-12(14)15)17-5-10(18)6-1-2-6/h3-4,6,10,12,17-18H,1-2,5,16H2. The van der Waals surface area contributed by atoms with Crippen LogP contribution in [-0.4, -0.2) is 24.4 Å². The Balaban J connectivity index is 2.05. The lowest BCUT2D eigenvalue weighted by Gasteiger charge is -2.15. The van der Waals surface area contributed by atoms with Crippen molar-refractivity contribution in [2.24, 2.45) is 5.92 Å². The number of benzene rings is 1. The van der Waals surface area contributed by atoms with Crippen LogP contribution in [0.4, 0.5) is 24.5 Å². The molecule has 0 radical (unpaired) electrons. The number of anilines is 2. The molecule has 1 unspecified atom stereocenters. The molecule has 0 bridgehead atoms. The van der Waals surface area contributed by atoms with Crippen molar-refractivity contribution in [3.63, 3.8) is 0 Å². The Labute approximate surface area is 108 Å². The molecule has 4 N–H and O–H groups in total. The molecular formula is C12H15F3N2O2. The summed E-state index contributed by atoms with van der Waals surface area (Å²) in [5.74, 6) is -1.26. The second-order valence-electron chi connectivity index (χ2n) is 4.53. The maximum absolute atomic E-state index is 13.3. The monoisotopic (exact) mass is 276 g/mol. The minimum Gasteiger partial charge on any atom is -0.432 e. The molecule has 0 heterocycles. The summed E-state index contributed by atoms with van der Waals surface area (Å²) >= 11 is 0. The zero-order chi connectivity index (χ0) is 14.0. The molecule has 0 spiro atoms. The van der Waals surface area contributed by atoms with Gasteiger partial charge in [0, 0.05) is 18.7 Å². The van der Waals surface area contributed by atoms with Gasteiger partial charge in [0.05, 0.1) is 17.5 Å². The third-order valence-corrected chi connectivity index (χ3v) is 2.99. The Morgan fingerprint density at radius 1 is 1.42 bits per heavy atom. The summed E-state index contributed by atoms with van der Waals surface area (Å²) in [5.41, 5.74) is 5.90. The highest BCUT2D eigenvalue weighted by Crippen LogP contribution is 2.33. The van der Waals surface area contributed by atoms with E-state index in [9.17, 15) is 18.3 Å². The van der Waals surface area contributed by atoms with Crippen LogP contribution in [0.15, 0.2) is 12.1 Å². The predicted molar refractivity (Wildman–Crippen MR) is 64.7 cm³/mol. The van der Waals surface area contributed by atoms with Gasteiger partial charge in [-0.05, 0) is 18.8 Å². The summed E-state index contributed by atoms with van der Waals surface area (Å²) in [7, 11) is 0. The lowest BCUT2D eigenvalue weighted by Crippen LogP contribution is -2.21. The highest BCUT2D eigenvalue weighted by molar-refractivity contribution is 5.68. The second kappa shape index (κ2) is 5.56. The molecule has 1 aliphatic rings. The summed E-state index contributed by atoms with van der Waals surface area (Å²) in [6.07, 6.45) is 1.42. The minimum absolute atomic E-state index is 0.0714. The number of nitrogens with one attached hydrogen (secondary N) is 1. The molecule has 1 fully saturated rings. The Morgan fingerprint density at radius 3 is 2.68 bits per heavy atom. The smallest absolute Gasteiger partial charge is 0.387 e. The Hall–Kier alpha value is -1.63. The number of aliphatic hydroxyl groups excluding tert-OH is 1. The van der Waals surface area contributed by atoms with E-state index in [4.69, 9.17) is 5.73 Å². The molecule has 106 valence electrons. The van der Waals surface area contributed by atoms with Crippen molar-refractivity contribution in [2.75, 3.05) is 17.6 Å². The molecular weight excluding hydrogens is 261 g/mol. The Kier molecular flexibility index (Phi) is 4.04. The first kappa shape index (κ1) is 13.8. The van der Waals surface area contributed by atoms with Gasteiger partial charge in [0.25, 0.3) is 0 Å². The average molecular weight is 276 g/mol. The fourth-order valence-corrected chi connectivity index (χ4v) is 1.77. The van der Waals surface area contributed by atoms with Crippen molar-refractivity contribution in [2.45, 2.75) is 25.6 Å². The molecule has 7 heteroatoms. The maximum atomic E-state index is 13.3. The number of ether oxygens (including phenoxy) is 1. The molecule has 0 aromatic heterocycles. The summed E-state index contributed by atoms with van der Waals surface area (Å²) in [6, 6.07) is 1.97. The lowest BCUT2D eigenvalue weighted by atomic mass is 10.2. The quantitative estimate of drug-likeness (QED) is 0.697. The van der Waals surface area contributed by atoms with Crippen molar-refractivity contribution in [1.29, 1.82) is 0 Å². The predicted octanol–water partition coefficient (Wildman–Crippen LogP) is 2.19. The van der Waals surface area contributed by atoms with Crippen LogP contribution in [0.25, 0.3) is 0 Å². The molecule has 1 atom stereocenters. The highest BCUT2D eigenvalue weighted by Gasteiger charge is 2.29. The van der Waals surface area contributed by atoms with Gasteiger partial charge in [0.15, 0.2) is 11.6 Å². The van der Waals surface area contributed by atoms with Crippen molar-refractivity contribution in [3.05, 3.63) is 17.9 Å². The number of halogens is 3. The van der Waals surface area contributed by atoms with Gasteiger partial charge in [-0.2, -0.15) is 8.78 Å². The number of rotatable bonds is 6. The molecule has 0 amide bonds. The second-order valence-corrected chi connectivity index (χ2v) is 4.53. The number of nitrogens with two attached hydrogens (primary N) is 1. The molecule has 1 aromatic rings. The van der Waals surface area contributed by atoms with Crippen LogP contribution in [0, 0.1) is 11.7 Å². The molecule has 19 heavy (non-hydrogen) atoms. The van der Waals surface area contributed by atoms with Crippen LogP contribution in [0.1, 0.15) is 12.8 Å². The maximum Gasteiger partial charge on any atom is 0.387 e. The third kappa shape index (κ3) is 3.66. The Bertz CT molecular complexity index is 453. The first-order valence-corrected chi connectivity index (χ1v) is 5.93. The van der Waals surface area contributed by atoms with Crippen LogP contribution in [0.5, 0.6) is 5.75 Å². The fraction of sp³-hybridized carbons (Fsp3) is 0.500. The largest absolute Gasteiger partial charge is 0.432 e. The molecule has 1 aliphatic carbocycles. The SMILES string of the molecule is Nc1cc(F)c(OC(F)F)cc1NCC(O)C1CC1. The highest BCUT2D eigenvalue weighted by atomic mass is 19.3. The number of alkyl halides is 2. The lowest BCUT2D eigenvalue weighted by molar-refractivity contribution is -0.0521. The number of hydrogen-bond acceptors (Lipinski definition) is 4. The number of hydrogen-bond donors (Lipinski definition) is 3. The number of aliphatic hydroxyl groups is 1. The van der Waals surface area contributed by atoms with Crippen molar-refractivity contribution >= 4 is 11.4 Å². The van der Waals surface area contributed by atoms with E-state index >= 15 is 0 Å². The normalized spacial score (nSPS) is 16.5. The third-order valence-electron chi connectivity index (χ3n) is 2.99. The minimum atomic E-state index is -3.11. The van der Waals surface area contributed by atoms with Crippen LogP contribution in [0.3, 0.4) is 0 Å². The van der Waals surface area contributed by atoms with E-state index in [-0.39, 0.29) is 23.8 Å². The van der Waals surface area contributed by atoms with Gasteiger partial charge < -0.3 is 20.9 Å². The first-order valence-electron chi connectivity index (χ1n) is 5.93. The summed E-state index contributed by atoms with van der Waals surface area (Å²) < 4.78 is 41.5. The first-order chi connectivity index (χ1) is 8.97. The van der Waals surface area contributed by atoms with Crippen LogP contribution in [0.2, 0.25) is 0 Å². The van der Waals surface area contributed by atoms with E-state index in [0.29, 0.717) is 0 Å². The van der Waals surface area contributed by atoms with E-state index in [1.807, 2.05) is 0 Å². The van der Waals surface area contributed by atoms with E-state index in [0.717, 1.165) is 25.0 Å². The van der Waals surface area contributed by atoms with Crippen LogP contribution < -0.4 is 15.8 Å². The summed E-state index contributed by atoms with van der Waals surface area (Å²) in [6.45, 7) is -2.88. The van der Waals surface area contributed by atoms with Gasteiger partial charge in [-0.3, -0.25) is 0 Å². The van der Waals surface area contributed by atoms with Crippen molar-refractivity contribution in [3.8, 4) is 5.75 Å². The zero-order valence-corrected chi connectivity index (χ0v) is 10.1. The van der Waals surface area contributed by atoms with Crippen LogP contribution in [-0.2, 0) is 0 Å². The van der Waals surface area contributed by atoms with Gasteiger partial charge in [0.1, 0.15) is 0 Å². The van der Waals surface area contributed by atoms with Crippen molar-refractivity contribution in [1.82, 2.24) is 0 Å². The summed E-state index contributed by atoms with van der Waals surface area (Å²) in [5, 5.41) is 12.5. The topological polar surface area (TPSA) is 67.5 Å². The zero-order valence-electron chi connectivity index (χ0n) is 10.1. The molecule has 1 saturated carbocycles. The molecule has 2 rings (SSSR count). The fourth-order valence-electron chi connectivity index (χ4n) is 1.77. The van der Waals surface area contributed by atoms with Gasteiger partial charge in [-0.15, -0.1) is 0 Å². The van der Waals surface area contributed by atoms with Gasteiger partial charge in [0.2, 0.25) is 0 Å². The average Bonchev–Trinajstić information content (AvgIpc) is 3.14. The van der Waals surface area contributed by atoms with Crippen LogP contribution >= 0.6 is 0 Å². The van der Waals surface area contributed by atoms with Crippen molar-refractivity contribution < 1.29 is 23.0 Å². The van der Waals surface area contributed by atoms with Gasteiger partial charge >= 0.3 is 6.61 Å². The van der Waals surface area contributed by atoms with E-state index in [1.165, 1.54) is 0 Å². The van der Waals surface area contributed by atoms with Gasteiger partial charge in [-0.25, -0.2) is 4.39 Å². The Morgan fingerprint density at radius 2 is 2.11 bits per heavy atom. The molecule has 4 nitrogen and oxygen atoms in total. The molecule has 0 saturated heterocycles. The van der Waals surface area contributed by atoms with E-state index in [1.54, 1.807) is 0 Å². The molecule has 1 aromatic carbocycles. The summed E-state index contributed by atoms with van der Waals surface area (Å²) in [4.78, 5) is 0. The van der Waals surface area contributed by atoms with E-state index < -0.39 is 24.3 Å². The van der Waals surface area contributed by atoms with Gasteiger partial charge in [-0.1, -0.05) is 0 Å². The number of nitrogen functional groups attached to an aromatic ring is 1.